The molecule has 1 aliphatic rings. The molecule has 1 unspecified atom stereocenters. The number of carbonyl (C=O) groups is 2. The molecular formula is C18H24N3O3+. The molecule has 2 heterocycles. The van der Waals surface area contributed by atoms with E-state index in [4.69, 9.17) is 4.84 Å². The summed E-state index contributed by atoms with van der Waals surface area (Å²) in [5.41, 5.74) is 5.15. The second-order valence-corrected chi connectivity index (χ2v) is 7.37. The Morgan fingerprint density at radius 3 is 2.62 bits per heavy atom. The van der Waals surface area contributed by atoms with Crippen LogP contribution in [0.2, 0.25) is 0 Å². The van der Waals surface area contributed by atoms with E-state index < -0.39 is 11.6 Å². The summed E-state index contributed by atoms with van der Waals surface area (Å²) in [6.45, 7) is 7.75. The van der Waals surface area contributed by atoms with Gasteiger partial charge in [0, 0.05) is 17.3 Å². The minimum atomic E-state index is -0.515. The van der Waals surface area contributed by atoms with Gasteiger partial charge in [0.2, 0.25) is 0 Å². The highest BCUT2D eigenvalue weighted by molar-refractivity contribution is 5.86. The third-order valence-electron chi connectivity index (χ3n) is 4.51. The van der Waals surface area contributed by atoms with Gasteiger partial charge in [0.05, 0.1) is 24.8 Å². The van der Waals surface area contributed by atoms with Crippen molar-refractivity contribution in [3.63, 3.8) is 0 Å². The molecule has 2 aromatic rings. The van der Waals surface area contributed by atoms with E-state index in [0.717, 1.165) is 11.2 Å². The van der Waals surface area contributed by atoms with Crippen LogP contribution in [0.15, 0.2) is 24.3 Å². The second kappa shape index (κ2) is 5.72. The quantitative estimate of drug-likeness (QED) is 0.624. The molecular weight excluding hydrogens is 306 g/mol. The molecule has 0 aliphatic carbocycles. The molecule has 1 aromatic heterocycles. The molecule has 6 nitrogen and oxygen atoms in total. The highest BCUT2D eigenvalue weighted by Crippen LogP contribution is 2.31. The van der Waals surface area contributed by atoms with Crippen molar-refractivity contribution in [1.29, 1.82) is 0 Å². The van der Waals surface area contributed by atoms with Crippen LogP contribution in [0.4, 0.5) is 4.79 Å². The number of imide groups is 1. The van der Waals surface area contributed by atoms with Crippen molar-refractivity contribution in [3.8, 4) is 0 Å². The molecule has 0 spiro atoms. The molecule has 1 atom stereocenters. The molecule has 0 radical (unpaired) electrons. The van der Waals surface area contributed by atoms with Crippen molar-refractivity contribution in [2.75, 3.05) is 6.54 Å². The summed E-state index contributed by atoms with van der Waals surface area (Å²) in [4.78, 5) is 33.8. The number of rotatable bonds is 1. The predicted molar refractivity (Wildman–Crippen MR) is 90.9 cm³/mol. The molecule has 3 rings (SSSR count). The Labute approximate surface area is 141 Å². The molecule has 2 N–H and O–H groups in total. The minimum absolute atomic E-state index is 0.186. The lowest BCUT2D eigenvalue weighted by Gasteiger charge is -2.35. The summed E-state index contributed by atoms with van der Waals surface area (Å²) >= 11 is 0. The van der Waals surface area contributed by atoms with Gasteiger partial charge in [-0.25, -0.2) is 9.59 Å². The van der Waals surface area contributed by atoms with E-state index in [9.17, 15) is 9.59 Å². The molecule has 6 heteroatoms. The van der Waals surface area contributed by atoms with Crippen molar-refractivity contribution in [3.05, 3.63) is 35.5 Å². The number of carbonyl (C=O) groups excluding carboxylic acids is 2. The largest absolute Gasteiger partial charge is 0.448 e. The number of hydroxylamine groups is 1. The van der Waals surface area contributed by atoms with E-state index in [-0.39, 0.29) is 10.4 Å². The molecule has 1 aromatic carbocycles. The van der Waals surface area contributed by atoms with E-state index in [1.54, 1.807) is 0 Å². The summed E-state index contributed by atoms with van der Waals surface area (Å²) in [6, 6.07) is 7.64. The monoisotopic (exact) mass is 330 g/mol. The van der Waals surface area contributed by atoms with Gasteiger partial charge in [-0.15, -0.1) is 0 Å². The van der Waals surface area contributed by atoms with Crippen LogP contribution in [0.1, 0.15) is 39.0 Å². The van der Waals surface area contributed by atoms with Crippen molar-refractivity contribution in [1.82, 2.24) is 10.5 Å². The van der Waals surface area contributed by atoms with Crippen LogP contribution in [-0.4, -0.2) is 33.6 Å². The van der Waals surface area contributed by atoms with Gasteiger partial charge < -0.3 is 4.98 Å². The van der Waals surface area contributed by atoms with E-state index in [1.165, 1.54) is 17.9 Å². The van der Waals surface area contributed by atoms with E-state index >= 15 is 0 Å². The zero-order valence-corrected chi connectivity index (χ0v) is 14.6. The number of urea groups is 1. The highest BCUT2D eigenvalue weighted by atomic mass is 16.7. The summed E-state index contributed by atoms with van der Waals surface area (Å²) in [5.74, 6) is -0.186. The van der Waals surface area contributed by atoms with Crippen LogP contribution in [0.3, 0.4) is 0 Å². The molecule has 3 amide bonds. The summed E-state index contributed by atoms with van der Waals surface area (Å²) < 4.78 is -0.282. The Bertz CT molecular complexity index is 803. The zero-order chi connectivity index (χ0) is 17.5. The van der Waals surface area contributed by atoms with Crippen LogP contribution in [-0.2, 0) is 22.6 Å². The SMILES string of the molecule is CC(=O)[N+]1(C(=O)NOC(C)(C)C)CCc2c([nH]c3ccccc23)C1. The summed E-state index contributed by atoms with van der Waals surface area (Å²) in [5, 5.41) is 1.17. The van der Waals surface area contributed by atoms with Crippen molar-refractivity contribution < 1.29 is 18.9 Å². The molecule has 0 fully saturated rings. The van der Waals surface area contributed by atoms with E-state index in [2.05, 4.69) is 16.5 Å². The third kappa shape index (κ3) is 2.83. The first-order valence-corrected chi connectivity index (χ1v) is 8.18. The van der Waals surface area contributed by atoms with Crippen LogP contribution >= 0.6 is 0 Å². The van der Waals surface area contributed by atoms with Crippen molar-refractivity contribution >= 4 is 22.8 Å². The fourth-order valence-corrected chi connectivity index (χ4v) is 3.20. The number of benzene rings is 1. The molecule has 0 saturated carbocycles. The Balaban J connectivity index is 1.93. The van der Waals surface area contributed by atoms with Gasteiger partial charge in [0.25, 0.3) is 0 Å². The van der Waals surface area contributed by atoms with Gasteiger partial charge in [0.1, 0.15) is 6.54 Å². The van der Waals surface area contributed by atoms with Crippen LogP contribution in [0.25, 0.3) is 10.9 Å². The normalized spacial score (nSPS) is 20.7. The van der Waals surface area contributed by atoms with Gasteiger partial charge in [-0.1, -0.05) is 18.2 Å². The number of quaternary nitrogens is 1. The average molecular weight is 330 g/mol. The molecule has 128 valence electrons. The number of fused-ring (bicyclic) bond motifs is 3. The van der Waals surface area contributed by atoms with Gasteiger partial charge >= 0.3 is 11.9 Å². The number of nitrogens with zero attached hydrogens (tertiary/aromatic N) is 1. The van der Waals surface area contributed by atoms with Crippen molar-refractivity contribution in [2.24, 2.45) is 0 Å². The number of H-pyrrole nitrogens is 1. The summed E-state index contributed by atoms with van der Waals surface area (Å²) in [7, 11) is 0. The summed E-state index contributed by atoms with van der Waals surface area (Å²) in [6.07, 6.45) is 0.669. The Kier molecular flexibility index (Phi) is 3.97. The lowest BCUT2D eigenvalue weighted by Crippen LogP contribution is -2.62. The molecule has 1 aliphatic heterocycles. The van der Waals surface area contributed by atoms with Crippen LogP contribution in [0, 0.1) is 0 Å². The standard InChI is InChI=1S/C18H23N3O3/c1-12(22)21(17(23)20-24-18(2,3)4)10-9-14-13-7-5-6-8-15(13)19-16(14)11-21/h5-8,19H,9-11H2,1-4H3/p+1. The minimum Gasteiger partial charge on any atom is -0.354 e. The first kappa shape index (κ1) is 16.7. The number of hydrogen-bond acceptors (Lipinski definition) is 3. The lowest BCUT2D eigenvalue weighted by molar-refractivity contribution is -0.792. The number of aromatic amines is 1. The molecule has 24 heavy (non-hydrogen) atoms. The average Bonchev–Trinajstić information content (AvgIpc) is 2.88. The van der Waals surface area contributed by atoms with E-state index in [0.29, 0.717) is 19.5 Å². The van der Waals surface area contributed by atoms with Gasteiger partial charge in [-0.2, -0.15) is 9.96 Å². The fraction of sp³-hybridized carbons (Fsp3) is 0.444. The Morgan fingerprint density at radius 1 is 1.25 bits per heavy atom. The first-order valence-electron chi connectivity index (χ1n) is 8.18. The Hall–Kier alpha value is -2.18. The smallest absolute Gasteiger partial charge is 0.354 e. The van der Waals surface area contributed by atoms with Gasteiger partial charge in [0.15, 0.2) is 0 Å². The topological polar surface area (TPSA) is 71.2 Å². The maximum absolute atomic E-state index is 12.7. The van der Waals surface area contributed by atoms with Gasteiger partial charge in [-0.05, 0) is 32.4 Å². The molecule has 0 saturated heterocycles. The number of aromatic nitrogens is 1. The first-order chi connectivity index (χ1) is 11.2. The third-order valence-corrected chi connectivity index (χ3v) is 4.51. The lowest BCUT2D eigenvalue weighted by atomic mass is 10.0. The predicted octanol–water partition coefficient (Wildman–Crippen LogP) is 3.03. The van der Waals surface area contributed by atoms with Crippen molar-refractivity contribution in [2.45, 2.75) is 46.3 Å². The zero-order valence-electron chi connectivity index (χ0n) is 14.6. The Morgan fingerprint density at radius 2 is 1.96 bits per heavy atom. The fourth-order valence-electron chi connectivity index (χ4n) is 3.20. The van der Waals surface area contributed by atoms with E-state index in [1.807, 2.05) is 39.0 Å². The molecule has 0 bridgehead atoms. The van der Waals surface area contributed by atoms with Crippen LogP contribution < -0.4 is 5.48 Å². The second-order valence-electron chi connectivity index (χ2n) is 7.37. The van der Waals surface area contributed by atoms with Crippen LogP contribution in [0.5, 0.6) is 0 Å². The number of nitrogens with one attached hydrogen (secondary N) is 2. The maximum Gasteiger partial charge on any atom is 0.448 e. The number of hydrogen-bond donors (Lipinski definition) is 2. The number of para-hydroxylation sites is 1. The number of amides is 3. The van der Waals surface area contributed by atoms with Gasteiger partial charge in [-0.3, -0.25) is 4.84 Å². The maximum atomic E-state index is 12.7. The highest BCUT2D eigenvalue weighted by Gasteiger charge is 2.46.